The number of hydrogen-bond donors (Lipinski definition) is 0. The number of aryl methyl sites for hydroxylation is 1. The zero-order valence-electron chi connectivity index (χ0n) is 14.3. The van der Waals surface area contributed by atoms with Gasteiger partial charge in [0.1, 0.15) is 17.0 Å². The van der Waals surface area contributed by atoms with Gasteiger partial charge in [0, 0.05) is 18.5 Å². The lowest BCUT2D eigenvalue weighted by Gasteiger charge is -2.14. The number of ether oxygens (including phenoxy) is 2. The molecule has 0 aliphatic heterocycles. The van der Waals surface area contributed by atoms with Crippen LogP contribution in [0.5, 0.6) is 5.75 Å². The summed E-state index contributed by atoms with van der Waals surface area (Å²) >= 11 is 5.89. The normalized spacial score (nSPS) is 15.7. The second kappa shape index (κ2) is 8.34. The molecule has 1 aromatic heterocycles. The Balaban J connectivity index is 1.56. The highest BCUT2D eigenvalue weighted by Gasteiger charge is 2.25. The van der Waals surface area contributed by atoms with Crippen molar-refractivity contribution in [2.75, 3.05) is 6.61 Å². The van der Waals surface area contributed by atoms with Gasteiger partial charge in [-0.1, -0.05) is 30.7 Å². The molecular weight excluding hydrogens is 338 g/mol. The number of carbonyl (C=O) groups is 1. The summed E-state index contributed by atoms with van der Waals surface area (Å²) in [6.45, 7) is 2.52. The van der Waals surface area contributed by atoms with Gasteiger partial charge in [0.15, 0.2) is 0 Å². The van der Waals surface area contributed by atoms with Crippen LogP contribution in [0.25, 0.3) is 0 Å². The second-order valence-corrected chi connectivity index (χ2v) is 6.57. The van der Waals surface area contributed by atoms with Crippen molar-refractivity contribution in [1.82, 2.24) is 4.98 Å². The van der Waals surface area contributed by atoms with Gasteiger partial charge in [-0.05, 0) is 54.7 Å². The summed E-state index contributed by atoms with van der Waals surface area (Å²) in [5.74, 6) is 0.719. The van der Waals surface area contributed by atoms with Gasteiger partial charge in [-0.3, -0.25) is 4.79 Å². The fourth-order valence-corrected chi connectivity index (χ4v) is 3.23. The molecule has 25 heavy (non-hydrogen) atoms. The van der Waals surface area contributed by atoms with Gasteiger partial charge in [-0.15, -0.1) is 0 Å². The van der Waals surface area contributed by atoms with Crippen molar-refractivity contribution in [3.63, 3.8) is 0 Å². The quantitative estimate of drug-likeness (QED) is 0.531. The maximum Gasteiger partial charge on any atom is 0.306 e. The minimum atomic E-state index is -0.116. The molecular formula is C20H22ClNO3. The van der Waals surface area contributed by atoms with E-state index >= 15 is 0 Å². The Morgan fingerprint density at radius 3 is 3.00 bits per heavy atom. The van der Waals surface area contributed by atoms with Crippen LogP contribution >= 0.6 is 11.6 Å². The van der Waals surface area contributed by atoms with Crippen LogP contribution in [0.2, 0.25) is 5.15 Å². The lowest BCUT2D eigenvalue weighted by molar-refractivity contribution is -0.149. The molecule has 1 heterocycles. The number of halogens is 1. The zero-order chi connectivity index (χ0) is 17.6. The Labute approximate surface area is 153 Å². The molecule has 2 aromatic rings. The monoisotopic (exact) mass is 359 g/mol. The summed E-state index contributed by atoms with van der Waals surface area (Å²) < 4.78 is 11.4. The molecule has 0 amide bonds. The highest BCUT2D eigenvalue weighted by Crippen LogP contribution is 2.36. The largest absolute Gasteiger partial charge is 0.493 e. The number of rotatable bonds is 7. The third-order valence-electron chi connectivity index (χ3n) is 4.26. The molecule has 3 rings (SSSR count). The molecule has 0 spiro atoms. The molecule has 1 aromatic carbocycles. The van der Waals surface area contributed by atoms with Crippen LogP contribution in [0, 0.1) is 0 Å². The molecule has 0 N–H and O–H groups in total. The van der Waals surface area contributed by atoms with E-state index in [9.17, 15) is 4.79 Å². The van der Waals surface area contributed by atoms with Crippen molar-refractivity contribution in [2.45, 2.75) is 45.1 Å². The fourth-order valence-electron chi connectivity index (χ4n) is 3.05. The summed E-state index contributed by atoms with van der Waals surface area (Å²) in [4.78, 5) is 16.0. The van der Waals surface area contributed by atoms with Gasteiger partial charge in [0.2, 0.25) is 0 Å². The average Bonchev–Trinajstić information content (AvgIpc) is 2.97. The zero-order valence-corrected chi connectivity index (χ0v) is 15.1. The molecule has 1 atom stereocenters. The van der Waals surface area contributed by atoms with E-state index in [-0.39, 0.29) is 12.1 Å². The Kier molecular flexibility index (Phi) is 5.92. The van der Waals surface area contributed by atoms with Crippen LogP contribution < -0.4 is 4.74 Å². The van der Waals surface area contributed by atoms with Gasteiger partial charge >= 0.3 is 5.97 Å². The smallest absolute Gasteiger partial charge is 0.306 e. The van der Waals surface area contributed by atoms with Crippen LogP contribution in [-0.2, 0) is 22.4 Å². The molecule has 0 unspecified atom stereocenters. The van der Waals surface area contributed by atoms with Gasteiger partial charge in [-0.2, -0.15) is 0 Å². The lowest BCUT2D eigenvalue weighted by Crippen LogP contribution is -2.08. The van der Waals surface area contributed by atoms with Crippen molar-refractivity contribution in [2.24, 2.45) is 0 Å². The highest BCUT2D eigenvalue weighted by molar-refractivity contribution is 6.29. The topological polar surface area (TPSA) is 48.4 Å². The summed E-state index contributed by atoms with van der Waals surface area (Å²) in [6, 6.07) is 11.6. The molecule has 5 heteroatoms. The minimum Gasteiger partial charge on any atom is -0.493 e. The van der Waals surface area contributed by atoms with E-state index in [0.717, 1.165) is 36.3 Å². The number of benzene rings is 1. The van der Waals surface area contributed by atoms with Gasteiger partial charge in [-0.25, -0.2) is 4.98 Å². The summed E-state index contributed by atoms with van der Waals surface area (Å²) in [5, 5.41) is 0.499. The van der Waals surface area contributed by atoms with Crippen LogP contribution in [0.15, 0.2) is 36.4 Å². The first-order chi connectivity index (χ1) is 12.2. The van der Waals surface area contributed by atoms with E-state index in [1.807, 2.05) is 37.3 Å². The van der Waals surface area contributed by atoms with E-state index < -0.39 is 0 Å². The number of esters is 1. The Morgan fingerprint density at radius 1 is 1.32 bits per heavy atom. The molecule has 4 nitrogen and oxygen atoms in total. The first-order valence-electron chi connectivity index (χ1n) is 8.72. The predicted molar refractivity (Wildman–Crippen MR) is 97.0 cm³/mol. The maximum absolute atomic E-state index is 11.7. The number of fused-ring (bicyclic) bond motifs is 1. The Bertz CT molecular complexity index is 747. The number of pyridine rings is 1. The number of nitrogens with zero attached hydrogens (tertiary/aromatic N) is 1. The summed E-state index contributed by atoms with van der Waals surface area (Å²) in [7, 11) is 0. The van der Waals surface area contributed by atoms with E-state index in [0.29, 0.717) is 24.6 Å². The standard InChI is InChI=1S/C20H22ClNO3/c1-2-4-20(23)25-18-10-7-14-13-16(8-9-17(14)18)24-12-11-15-5-3-6-19(21)22-15/h3,5-6,8-9,13,18H,2,4,7,10-12H2,1H3/t18-/m0/s1. The van der Waals surface area contributed by atoms with Crippen molar-refractivity contribution in [1.29, 1.82) is 0 Å². The number of hydrogen-bond acceptors (Lipinski definition) is 4. The number of carbonyl (C=O) groups excluding carboxylic acids is 1. The Hall–Kier alpha value is -2.07. The van der Waals surface area contributed by atoms with Crippen molar-refractivity contribution in [3.8, 4) is 5.75 Å². The van der Waals surface area contributed by atoms with E-state index in [1.54, 1.807) is 6.07 Å². The van der Waals surface area contributed by atoms with Crippen molar-refractivity contribution >= 4 is 17.6 Å². The minimum absolute atomic E-state index is 0.112. The van der Waals surface area contributed by atoms with E-state index in [4.69, 9.17) is 21.1 Å². The van der Waals surface area contributed by atoms with Gasteiger partial charge < -0.3 is 9.47 Å². The van der Waals surface area contributed by atoms with Crippen molar-refractivity contribution < 1.29 is 14.3 Å². The second-order valence-electron chi connectivity index (χ2n) is 6.18. The Morgan fingerprint density at radius 2 is 2.20 bits per heavy atom. The SMILES string of the molecule is CCCC(=O)O[C@H]1CCc2cc(OCCc3cccc(Cl)n3)ccc21. The van der Waals surface area contributed by atoms with Crippen LogP contribution in [-0.4, -0.2) is 17.6 Å². The average molecular weight is 360 g/mol. The van der Waals surface area contributed by atoms with E-state index in [2.05, 4.69) is 4.98 Å². The molecule has 1 aliphatic carbocycles. The summed E-state index contributed by atoms with van der Waals surface area (Å²) in [6.07, 6.45) is 3.64. The predicted octanol–water partition coefficient (Wildman–Crippen LogP) is 4.69. The highest BCUT2D eigenvalue weighted by atomic mass is 35.5. The molecule has 0 radical (unpaired) electrons. The maximum atomic E-state index is 11.7. The van der Waals surface area contributed by atoms with Crippen LogP contribution in [0.4, 0.5) is 0 Å². The fraction of sp³-hybridized carbons (Fsp3) is 0.400. The first-order valence-corrected chi connectivity index (χ1v) is 9.10. The molecule has 0 fully saturated rings. The third kappa shape index (κ3) is 4.73. The van der Waals surface area contributed by atoms with Gasteiger partial charge in [0.25, 0.3) is 0 Å². The first kappa shape index (κ1) is 17.7. The molecule has 1 aliphatic rings. The molecule has 0 bridgehead atoms. The molecule has 0 saturated carbocycles. The third-order valence-corrected chi connectivity index (χ3v) is 4.48. The van der Waals surface area contributed by atoms with Gasteiger partial charge in [0.05, 0.1) is 6.61 Å². The van der Waals surface area contributed by atoms with Crippen LogP contribution in [0.3, 0.4) is 0 Å². The number of aromatic nitrogens is 1. The van der Waals surface area contributed by atoms with Crippen LogP contribution in [0.1, 0.15) is 49.1 Å². The van der Waals surface area contributed by atoms with E-state index in [1.165, 1.54) is 5.56 Å². The van der Waals surface area contributed by atoms with Crippen molar-refractivity contribution in [3.05, 3.63) is 58.4 Å². The summed E-state index contributed by atoms with van der Waals surface area (Å²) in [5.41, 5.74) is 3.22. The lowest BCUT2D eigenvalue weighted by atomic mass is 10.1. The molecule has 0 saturated heterocycles. The molecule has 132 valence electrons.